The number of nitrogens with zero attached hydrogens (tertiary/aromatic N) is 3. The number of amidine groups is 1. The van der Waals surface area contributed by atoms with E-state index in [1.807, 2.05) is 83.1 Å². The lowest BCUT2D eigenvalue weighted by Crippen LogP contribution is -2.38. The number of carbonyl (C=O) groups excluding carboxylic acids is 2. The molecule has 5 rings (SSSR count). The summed E-state index contributed by atoms with van der Waals surface area (Å²) < 4.78 is 11.3. The van der Waals surface area contributed by atoms with Crippen LogP contribution in [0.15, 0.2) is 101 Å². The van der Waals surface area contributed by atoms with Crippen molar-refractivity contribution in [3.63, 3.8) is 0 Å². The van der Waals surface area contributed by atoms with Crippen LogP contribution in [-0.4, -0.2) is 47.2 Å². The minimum absolute atomic E-state index is 0.122. The summed E-state index contributed by atoms with van der Waals surface area (Å²) in [5, 5.41) is 5.60. The van der Waals surface area contributed by atoms with Gasteiger partial charge in [-0.2, -0.15) is 0 Å². The molecule has 40 heavy (non-hydrogen) atoms. The molecule has 0 saturated heterocycles. The zero-order valence-electron chi connectivity index (χ0n) is 22.4. The Kier molecular flexibility index (Phi) is 8.61. The quantitative estimate of drug-likeness (QED) is 0.348. The first-order chi connectivity index (χ1) is 19.6. The molecule has 2 aliphatic heterocycles. The van der Waals surface area contributed by atoms with Crippen molar-refractivity contribution in [1.29, 1.82) is 0 Å². The Labute approximate surface area is 237 Å². The van der Waals surface area contributed by atoms with E-state index in [-0.39, 0.29) is 18.9 Å². The summed E-state index contributed by atoms with van der Waals surface area (Å²) in [6, 6.07) is 22.3. The van der Waals surface area contributed by atoms with Gasteiger partial charge in [-0.1, -0.05) is 66.4 Å². The summed E-state index contributed by atoms with van der Waals surface area (Å²) in [6.45, 7) is 2.47. The third kappa shape index (κ3) is 5.79. The number of para-hydroxylation sites is 1. The van der Waals surface area contributed by atoms with Crippen LogP contribution in [0.1, 0.15) is 36.2 Å². The molecule has 1 N–H and O–H groups in total. The Balaban J connectivity index is 1.50. The van der Waals surface area contributed by atoms with Crippen LogP contribution in [0.25, 0.3) is 5.70 Å². The van der Waals surface area contributed by atoms with Gasteiger partial charge in [0.15, 0.2) is 5.17 Å². The molecule has 9 heteroatoms. The molecule has 1 aromatic heterocycles. The number of aliphatic imine (C=N–C) groups is 1. The number of methoxy groups -OCH3 is 1. The highest BCUT2D eigenvalue weighted by Crippen LogP contribution is 2.48. The van der Waals surface area contributed by atoms with Crippen molar-refractivity contribution < 1.29 is 19.1 Å². The first-order valence-corrected chi connectivity index (χ1v) is 14.0. The lowest BCUT2D eigenvalue weighted by molar-refractivity contribution is -0.139. The number of carbonyl (C=O) groups is 2. The first-order valence-electron chi connectivity index (χ1n) is 13.1. The molecule has 0 aliphatic carbocycles. The lowest BCUT2D eigenvalue weighted by atomic mass is 9.91. The van der Waals surface area contributed by atoms with Crippen LogP contribution < -0.4 is 10.1 Å². The van der Waals surface area contributed by atoms with Crippen molar-refractivity contribution in [1.82, 2.24) is 15.2 Å². The van der Waals surface area contributed by atoms with Gasteiger partial charge in [0.1, 0.15) is 5.75 Å². The summed E-state index contributed by atoms with van der Waals surface area (Å²) >= 11 is 1.43. The molecular weight excluding hydrogens is 524 g/mol. The Hall–Kier alpha value is -4.37. The van der Waals surface area contributed by atoms with E-state index in [2.05, 4.69) is 10.3 Å². The van der Waals surface area contributed by atoms with Crippen molar-refractivity contribution in [2.45, 2.75) is 25.8 Å². The van der Waals surface area contributed by atoms with Gasteiger partial charge in [-0.15, -0.1) is 0 Å². The number of amides is 1. The Morgan fingerprint density at radius 3 is 2.55 bits per heavy atom. The molecule has 2 aromatic carbocycles. The molecule has 0 saturated carbocycles. The van der Waals surface area contributed by atoms with E-state index in [0.717, 1.165) is 22.5 Å². The number of esters is 1. The van der Waals surface area contributed by atoms with Gasteiger partial charge >= 0.3 is 5.97 Å². The fourth-order valence-electron chi connectivity index (χ4n) is 4.78. The van der Waals surface area contributed by atoms with Crippen LogP contribution in [0.2, 0.25) is 0 Å². The molecule has 3 aromatic rings. The fraction of sp³-hybridized carbons (Fsp3) is 0.226. The first kappa shape index (κ1) is 27.2. The smallest absolute Gasteiger partial charge is 0.338 e. The van der Waals surface area contributed by atoms with E-state index in [1.165, 1.54) is 11.8 Å². The highest BCUT2D eigenvalue weighted by atomic mass is 32.2. The topological polar surface area (TPSA) is 93.1 Å². The van der Waals surface area contributed by atoms with E-state index in [4.69, 9.17) is 14.5 Å². The van der Waals surface area contributed by atoms with Gasteiger partial charge in [-0.25, -0.2) is 9.79 Å². The molecule has 0 bridgehead atoms. The second-order valence-electron chi connectivity index (χ2n) is 9.08. The standard InChI is InChI=1S/C31H30N4O4S/c1-3-39-30(37)27-28(21-11-5-4-6-12-21)34-31-35(29(27)24-14-7-8-15-25(24)38-2)23(20-40-31)19-26(36)33-18-16-22-13-9-10-17-32-22/h4-15,17,20,29H,3,16,18-19H2,1-2H3,(H,33,36)/t29-/m1/s1. The van der Waals surface area contributed by atoms with Crippen LogP contribution in [-0.2, 0) is 20.7 Å². The number of rotatable bonds is 10. The number of ether oxygens (including phenoxy) is 2. The summed E-state index contributed by atoms with van der Waals surface area (Å²) in [6.07, 6.45) is 2.50. The summed E-state index contributed by atoms with van der Waals surface area (Å²) in [7, 11) is 1.60. The molecule has 0 fully saturated rings. The van der Waals surface area contributed by atoms with E-state index in [9.17, 15) is 9.59 Å². The SMILES string of the molecule is CCOC(=O)C1=C(c2ccccc2)N=C2SC=C(CC(=O)NCCc3ccccn3)N2[C@@H]1c1ccccc1OC. The van der Waals surface area contributed by atoms with Crippen LogP contribution in [0.4, 0.5) is 0 Å². The molecule has 0 unspecified atom stereocenters. The van der Waals surface area contributed by atoms with Crippen LogP contribution in [0.5, 0.6) is 5.75 Å². The second-order valence-corrected chi connectivity index (χ2v) is 9.92. The van der Waals surface area contributed by atoms with Crippen LogP contribution in [0.3, 0.4) is 0 Å². The van der Waals surface area contributed by atoms with Gasteiger partial charge in [-0.05, 0) is 30.5 Å². The van der Waals surface area contributed by atoms with Crippen molar-refractivity contribution in [3.8, 4) is 5.75 Å². The van der Waals surface area contributed by atoms with Crippen molar-refractivity contribution in [3.05, 3.63) is 112 Å². The third-order valence-corrected chi connectivity index (χ3v) is 7.45. The molecule has 0 spiro atoms. The molecule has 8 nitrogen and oxygen atoms in total. The largest absolute Gasteiger partial charge is 0.496 e. The Morgan fingerprint density at radius 2 is 1.80 bits per heavy atom. The van der Waals surface area contributed by atoms with Crippen molar-refractivity contribution in [2.24, 2.45) is 4.99 Å². The van der Waals surface area contributed by atoms with Gasteiger partial charge in [0.2, 0.25) is 5.91 Å². The number of hydrogen-bond donors (Lipinski definition) is 1. The lowest BCUT2D eigenvalue weighted by Gasteiger charge is -2.37. The van der Waals surface area contributed by atoms with E-state index < -0.39 is 12.0 Å². The number of pyridine rings is 1. The predicted octanol–water partition coefficient (Wildman–Crippen LogP) is 5.11. The number of fused-ring (bicyclic) bond motifs is 1. The van der Waals surface area contributed by atoms with Crippen LogP contribution in [0, 0.1) is 0 Å². The highest BCUT2D eigenvalue weighted by molar-refractivity contribution is 8.16. The second kappa shape index (κ2) is 12.7. The predicted molar refractivity (Wildman–Crippen MR) is 156 cm³/mol. The maximum absolute atomic E-state index is 13.6. The van der Waals surface area contributed by atoms with Gasteiger partial charge in [0.25, 0.3) is 0 Å². The van der Waals surface area contributed by atoms with Gasteiger partial charge in [0, 0.05) is 41.7 Å². The highest BCUT2D eigenvalue weighted by Gasteiger charge is 2.43. The molecular formula is C31H30N4O4S. The normalized spacial score (nSPS) is 16.1. The monoisotopic (exact) mass is 554 g/mol. The molecule has 204 valence electrons. The number of nitrogens with one attached hydrogen (secondary N) is 1. The summed E-state index contributed by atoms with van der Waals surface area (Å²) in [5.74, 6) is 0.0356. The zero-order valence-corrected chi connectivity index (χ0v) is 23.2. The van der Waals surface area contributed by atoms with Crippen LogP contribution >= 0.6 is 11.8 Å². The minimum Gasteiger partial charge on any atom is -0.496 e. The van der Waals surface area contributed by atoms with E-state index in [1.54, 1.807) is 20.2 Å². The third-order valence-electron chi connectivity index (χ3n) is 6.56. The number of aromatic nitrogens is 1. The molecule has 3 heterocycles. The van der Waals surface area contributed by atoms with E-state index >= 15 is 0 Å². The van der Waals surface area contributed by atoms with Gasteiger partial charge in [0.05, 0.1) is 37.4 Å². The fourth-order valence-corrected chi connectivity index (χ4v) is 5.70. The van der Waals surface area contributed by atoms with Crippen molar-refractivity contribution >= 4 is 34.5 Å². The van der Waals surface area contributed by atoms with Crippen molar-refractivity contribution in [2.75, 3.05) is 20.3 Å². The van der Waals surface area contributed by atoms with Gasteiger partial charge < -0.3 is 19.7 Å². The number of hydrogen-bond acceptors (Lipinski definition) is 8. The average Bonchev–Trinajstić information content (AvgIpc) is 3.39. The minimum atomic E-state index is -0.611. The Bertz CT molecular complexity index is 1470. The zero-order chi connectivity index (χ0) is 27.9. The molecule has 1 amide bonds. The number of benzene rings is 2. The summed E-state index contributed by atoms with van der Waals surface area (Å²) in [5.41, 5.74) is 4.17. The molecule has 0 radical (unpaired) electrons. The Morgan fingerprint density at radius 1 is 1.02 bits per heavy atom. The molecule has 2 aliphatic rings. The maximum atomic E-state index is 13.6. The number of thioether (sulfide) groups is 1. The molecule has 1 atom stereocenters. The average molecular weight is 555 g/mol. The van der Waals surface area contributed by atoms with E-state index in [0.29, 0.717) is 35.2 Å². The maximum Gasteiger partial charge on any atom is 0.338 e. The van der Waals surface area contributed by atoms with Gasteiger partial charge in [-0.3, -0.25) is 9.78 Å². The summed E-state index contributed by atoms with van der Waals surface area (Å²) in [4.78, 5) is 37.9.